The first-order chi connectivity index (χ1) is 29.2. The Balaban J connectivity index is 0.968. The van der Waals surface area contributed by atoms with Crippen LogP contribution < -0.4 is 0 Å². The summed E-state index contributed by atoms with van der Waals surface area (Å²) < 4.78 is 2.38. The fourth-order valence-electron chi connectivity index (χ4n) is 8.18. The lowest BCUT2D eigenvalue weighted by atomic mass is 10.0. The number of hydrogen-bond donors (Lipinski definition) is 0. The van der Waals surface area contributed by atoms with E-state index < -0.39 is 0 Å². The van der Waals surface area contributed by atoms with Gasteiger partial charge in [-0.05, 0) is 53.2 Å². The first kappa shape index (κ1) is 33.4. The van der Waals surface area contributed by atoms with E-state index in [2.05, 4.69) is 158 Å². The van der Waals surface area contributed by atoms with E-state index in [0.29, 0.717) is 17.5 Å². The minimum Gasteiger partial charge on any atom is -0.255 e. The van der Waals surface area contributed by atoms with Gasteiger partial charge in [-0.3, -0.25) is 4.98 Å². The van der Waals surface area contributed by atoms with E-state index >= 15 is 0 Å². The van der Waals surface area contributed by atoms with Crippen LogP contribution in [0.3, 0.4) is 0 Å². The average molecular weight is 771 g/mol. The smallest absolute Gasteiger partial charge is 0.166 e. The standard InChI is InChI=1S/C52H30N6S/c1-2-9-37-30-38(24-17-31(37)8-1)44-28-26-35-21-20-34-25-27-43(54-47(34)48(35)55-44)32-18-22-36(23-19-32)50-56-51(41-14-5-10-33-11-7-29-53-46(33)41)58-52(57-50)42-15-6-13-40-39-12-3-4-16-45(39)59-49(40)42/h1-30H. The van der Waals surface area contributed by atoms with Gasteiger partial charge in [0.15, 0.2) is 17.5 Å². The molecule has 6 nitrogen and oxygen atoms in total. The van der Waals surface area contributed by atoms with Crippen molar-refractivity contribution in [2.24, 2.45) is 0 Å². The average Bonchev–Trinajstić information content (AvgIpc) is 3.70. The molecule has 0 bridgehead atoms. The third-order valence-corrected chi connectivity index (χ3v) is 12.4. The summed E-state index contributed by atoms with van der Waals surface area (Å²) in [6.45, 7) is 0. The highest BCUT2D eigenvalue weighted by atomic mass is 32.1. The van der Waals surface area contributed by atoms with Gasteiger partial charge in [0, 0.05) is 70.3 Å². The molecule has 7 heteroatoms. The summed E-state index contributed by atoms with van der Waals surface area (Å²) in [6, 6.07) is 61.0. The zero-order valence-electron chi connectivity index (χ0n) is 31.4. The van der Waals surface area contributed by atoms with Crippen molar-refractivity contribution >= 4 is 75.0 Å². The second-order valence-corrected chi connectivity index (χ2v) is 15.8. The maximum absolute atomic E-state index is 5.23. The molecule has 0 aliphatic heterocycles. The summed E-state index contributed by atoms with van der Waals surface area (Å²) in [6.07, 6.45) is 1.81. The molecular weight excluding hydrogens is 741 g/mol. The molecule has 0 atom stereocenters. The molecule has 0 unspecified atom stereocenters. The lowest BCUT2D eigenvalue weighted by molar-refractivity contribution is 1.08. The van der Waals surface area contributed by atoms with Crippen LogP contribution in [0.2, 0.25) is 0 Å². The summed E-state index contributed by atoms with van der Waals surface area (Å²) in [5.74, 6) is 1.79. The van der Waals surface area contributed by atoms with Gasteiger partial charge >= 0.3 is 0 Å². The Kier molecular flexibility index (Phi) is 7.61. The largest absolute Gasteiger partial charge is 0.255 e. The predicted molar refractivity (Wildman–Crippen MR) is 243 cm³/mol. The van der Waals surface area contributed by atoms with Gasteiger partial charge in [0.1, 0.15) is 0 Å². The van der Waals surface area contributed by atoms with E-state index in [1.165, 1.54) is 26.2 Å². The van der Waals surface area contributed by atoms with E-state index in [9.17, 15) is 0 Å². The van der Waals surface area contributed by atoms with Gasteiger partial charge in [0.2, 0.25) is 0 Å². The molecule has 0 spiro atoms. The third kappa shape index (κ3) is 5.70. The van der Waals surface area contributed by atoms with Crippen molar-refractivity contribution in [1.29, 1.82) is 0 Å². The molecule has 12 rings (SSSR count). The van der Waals surface area contributed by atoms with Crippen LogP contribution in [0.4, 0.5) is 0 Å². The summed E-state index contributed by atoms with van der Waals surface area (Å²) in [5, 5.41) is 7.95. The second-order valence-electron chi connectivity index (χ2n) is 14.7. The molecule has 5 aromatic heterocycles. The molecule has 274 valence electrons. The highest BCUT2D eigenvalue weighted by Crippen LogP contribution is 2.40. The van der Waals surface area contributed by atoms with Gasteiger partial charge in [-0.15, -0.1) is 11.3 Å². The van der Waals surface area contributed by atoms with Crippen LogP contribution in [0.1, 0.15) is 0 Å². The number of fused-ring (bicyclic) bond motifs is 8. The van der Waals surface area contributed by atoms with Crippen molar-refractivity contribution in [3.8, 4) is 56.7 Å². The van der Waals surface area contributed by atoms with E-state index in [1.54, 1.807) is 11.3 Å². The van der Waals surface area contributed by atoms with Crippen molar-refractivity contribution in [3.63, 3.8) is 0 Å². The first-order valence-electron chi connectivity index (χ1n) is 19.5. The van der Waals surface area contributed by atoms with Gasteiger partial charge in [-0.1, -0.05) is 133 Å². The Morgan fingerprint density at radius 2 is 0.898 bits per heavy atom. The topological polar surface area (TPSA) is 77.3 Å². The maximum Gasteiger partial charge on any atom is 0.166 e. The maximum atomic E-state index is 5.23. The number of hydrogen-bond acceptors (Lipinski definition) is 7. The Bertz CT molecular complexity index is 3630. The Labute approximate surface area is 342 Å². The number of thiophene rings is 1. The summed E-state index contributed by atoms with van der Waals surface area (Å²) in [5.41, 5.74) is 9.17. The molecule has 59 heavy (non-hydrogen) atoms. The molecule has 0 aliphatic rings. The molecule has 0 fully saturated rings. The molecule has 7 aromatic carbocycles. The summed E-state index contributed by atoms with van der Waals surface area (Å²) >= 11 is 1.77. The van der Waals surface area contributed by atoms with E-state index in [4.69, 9.17) is 29.9 Å². The molecular formula is C52H30N6S. The molecule has 0 N–H and O–H groups in total. The number of aromatic nitrogens is 6. The van der Waals surface area contributed by atoms with Crippen LogP contribution in [0, 0.1) is 0 Å². The zero-order valence-corrected chi connectivity index (χ0v) is 32.2. The van der Waals surface area contributed by atoms with Gasteiger partial charge < -0.3 is 0 Å². The predicted octanol–water partition coefficient (Wildman–Crippen LogP) is 13.4. The Hall–Kier alpha value is -7.74. The van der Waals surface area contributed by atoms with Crippen LogP contribution in [-0.4, -0.2) is 29.9 Å². The van der Waals surface area contributed by atoms with Gasteiger partial charge in [0.05, 0.1) is 27.9 Å². The highest BCUT2D eigenvalue weighted by Gasteiger charge is 2.18. The van der Waals surface area contributed by atoms with Crippen molar-refractivity contribution in [3.05, 3.63) is 182 Å². The van der Waals surface area contributed by atoms with Gasteiger partial charge in [-0.2, -0.15) is 0 Å². The van der Waals surface area contributed by atoms with Gasteiger partial charge in [0.25, 0.3) is 0 Å². The summed E-state index contributed by atoms with van der Waals surface area (Å²) in [4.78, 5) is 30.6. The fourth-order valence-corrected chi connectivity index (χ4v) is 9.39. The number of benzene rings is 7. The molecule has 12 aromatic rings. The Morgan fingerprint density at radius 3 is 1.73 bits per heavy atom. The first-order valence-corrected chi connectivity index (χ1v) is 20.3. The molecule has 0 aliphatic carbocycles. The molecule has 0 amide bonds. The SMILES string of the molecule is c1ccc2cc(-c3ccc4ccc5ccc(-c6ccc(-c7nc(-c8cccc9cccnc89)nc(-c8cccc9c8sc8ccccc89)n7)cc6)nc5c4n3)ccc2c1. The van der Waals surface area contributed by atoms with Crippen molar-refractivity contribution in [2.75, 3.05) is 0 Å². The monoisotopic (exact) mass is 770 g/mol. The summed E-state index contributed by atoms with van der Waals surface area (Å²) in [7, 11) is 0. The van der Waals surface area contributed by atoms with Crippen LogP contribution in [-0.2, 0) is 0 Å². The van der Waals surface area contributed by atoms with Crippen LogP contribution >= 0.6 is 11.3 Å². The lowest BCUT2D eigenvalue weighted by Crippen LogP contribution is -2.01. The number of para-hydroxylation sites is 1. The lowest BCUT2D eigenvalue weighted by Gasteiger charge is -2.11. The third-order valence-electron chi connectivity index (χ3n) is 11.2. The van der Waals surface area contributed by atoms with Gasteiger partial charge in [-0.25, -0.2) is 24.9 Å². The number of pyridine rings is 3. The van der Waals surface area contributed by atoms with Crippen LogP contribution in [0.25, 0.3) is 120 Å². The number of nitrogens with zero attached hydrogens (tertiary/aromatic N) is 6. The quantitative estimate of drug-likeness (QED) is 0.162. The molecule has 0 saturated heterocycles. The van der Waals surface area contributed by atoms with Crippen molar-refractivity contribution in [1.82, 2.24) is 29.9 Å². The normalized spacial score (nSPS) is 11.7. The second kappa shape index (κ2) is 13.4. The van der Waals surface area contributed by atoms with E-state index in [1.807, 2.05) is 24.4 Å². The highest BCUT2D eigenvalue weighted by molar-refractivity contribution is 7.26. The molecule has 0 radical (unpaired) electrons. The van der Waals surface area contributed by atoms with E-state index in [0.717, 1.165) is 76.6 Å². The Morgan fingerprint density at radius 1 is 0.339 bits per heavy atom. The van der Waals surface area contributed by atoms with Crippen molar-refractivity contribution in [2.45, 2.75) is 0 Å². The number of rotatable bonds is 5. The minimum atomic E-state index is 0.579. The molecule has 5 heterocycles. The fraction of sp³-hybridized carbons (Fsp3) is 0. The minimum absolute atomic E-state index is 0.579. The zero-order chi connectivity index (χ0) is 38.9. The molecule has 0 saturated carbocycles. The van der Waals surface area contributed by atoms with Crippen LogP contribution in [0.5, 0.6) is 0 Å². The van der Waals surface area contributed by atoms with Crippen LogP contribution in [0.15, 0.2) is 182 Å². The van der Waals surface area contributed by atoms with Crippen molar-refractivity contribution < 1.29 is 0 Å². The van der Waals surface area contributed by atoms with E-state index in [-0.39, 0.29) is 0 Å².